The maximum atomic E-state index is 12.0. The van der Waals surface area contributed by atoms with Crippen LogP contribution in [0.2, 0.25) is 0 Å². The fourth-order valence-corrected chi connectivity index (χ4v) is 2.10. The molecular formula is C14H7NO. The van der Waals surface area contributed by atoms with E-state index in [2.05, 4.69) is 6.07 Å². The van der Waals surface area contributed by atoms with Gasteiger partial charge in [0.05, 0.1) is 11.6 Å². The fourth-order valence-electron chi connectivity index (χ4n) is 2.10. The largest absolute Gasteiger partial charge is 0.289 e. The molecule has 0 amide bonds. The molecule has 0 radical (unpaired) electrons. The second kappa shape index (κ2) is 3.04. The molecule has 0 unspecified atom stereocenters. The molecule has 0 saturated carbocycles. The lowest BCUT2D eigenvalue weighted by Gasteiger charge is -1.98. The Hall–Kier alpha value is -2.40. The predicted molar refractivity (Wildman–Crippen MR) is 60.0 cm³/mol. The Bertz CT molecular complexity index is 650. The Morgan fingerprint density at radius 2 is 1.56 bits per heavy atom. The molecule has 0 bridgehead atoms. The highest BCUT2D eigenvalue weighted by Crippen LogP contribution is 2.36. The minimum Gasteiger partial charge on any atom is -0.289 e. The molecule has 0 saturated heterocycles. The summed E-state index contributed by atoms with van der Waals surface area (Å²) >= 11 is 0. The molecule has 2 heteroatoms. The van der Waals surface area contributed by atoms with Crippen molar-refractivity contribution in [3.63, 3.8) is 0 Å². The first-order chi connectivity index (χ1) is 7.81. The van der Waals surface area contributed by atoms with Gasteiger partial charge >= 0.3 is 0 Å². The van der Waals surface area contributed by atoms with Crippen LogP contribution < -0.4 is 0 Å². The molecule has 0 heterocycles. The number of nitrogens with zero attached hydrogens (tertiary/aromatic N) is 1. The number of hydrogen-bond acceptors (Lipinski definition) is 2. The van der Waals surface area contributed by atoms with E-state index in [0.29, 0.717) is 11.1 Å². The van der Waals surface area contributed by atoms with Crippen LogP contribution in [0.25, 0.3) is 11.1 Å². The molecule has 1 aliphatic carbocycles. The van der Waals surface area contributed by atoms with Gasteiger partial charge in [0.15, 0.2) is 5.78 Å². The number of rotatable bonds is 0. The number of fused-ring (bicyclic) bond motifs is 3. The van der Waals surface area contributed by atoms with E-state index in [1.54, 1.807) is 12.1 Å². The van der Waals surface area contributed by atoms with Crippen molar-refractivity contribution >= 4 is 5.78 Å². The van der Waals surface area contributed by atoms with E-state index in [-0.39, 0.29) is 5.78 Å². The van der Waals surface area contributed by atoms with Crippen LogP contribution in [0.3, 0.4) is 0 Å². The Kier molecular flexibility index (Phi) is 1.69. The Labute approximate surface area is 92.8 Å². The number of nitriles is 1. The first-order valence-electron chi connectivity index (χ1n) is 4.99. The molecular weight excluding hydrogens is 198 g/mol. The van der Waals surface area contributed by atoms with Crippen molar-refractivity contribution in [3.8, 4) is 17.2 Å². The summed E-state index contributed by atoms with van der Waals surface area (Å²) in [5.41, 5.74) is 3.79. The normalized spacial score (nSPS) is 11.8. The van der Waals surface area contributed by atoms with Gasteiger partial charge in [-0.2, -0.15) is 5.26 Å². The zero-order valence-electron chi connectivity index (χ0n) is 8.40. The average Bonchev–Trinajstić information content (AvgIpc) is 2.64. The van der Waals surface area contributed by atoms with Gasteiger partial charge in [-0.15, -0.1) is 0 Å². The van der Waals surface area contributed by atoms with Crippen molar-refractivity contribution in [2.45, 2.75) is 0 Å². The van der Waals surface area contributed by atoms with Gasteiger partial charge in [0.1, 0.15) is 0 Å². The summed E-state index contributed by atoms with van der Waals surface area (Å²) in [5.74, 6) is 0.0164. The third-order valence-electron chi connectivity index (χ3n) is 2.86. The smallest absolute Gasteiger partial charge is 0.194 e. The molecule has 2 nitrogen and oxygen atoms in total. The van der Waals surface area contributed by atoms with Crippen LogP contribution in [0.1, 0.15) is 21.5 Å². The summed E-state index contributed by atoms with van der Waals surface area (Å²) in [6.45, 7) is 0. The van der Waals surface area contributed by atoms with Crippen LogP contribution >= 0.6 is 0 Å². The number of carbonyl (C=O) groups excluding carboxylic acids is 1. The molecule has 3 rings (SSSR count). The average molecular weight is 205 g/mol. The first kappa shape index (κ1) is 8.87. The van der Waals surface area contributed by atoms with Crippen molar-refractivity contribution in [1.82, 2.24) is 0 Å². The van der Waals surface area contributed by atoms with E-state index in [0.717, 1.165) is 16.7 Å². The highest BCUT2D eigenvalue weighted by Gasteiger charge is 2.25. The molecule has 0 aliphatic heterocycles. The van der Waals surface area contributed by atoms with Crippen LogP contribution in [0.15, 0.2) is 42.5 Å². The number of hydrogen-bond donors (Lipinski definition) is 0. The summed E-state index contributed by atoms with van der Waals surface area (Å²) in [6.07, 6.45) is 0. The molecule has 16 heavy (non-hydrogen) atoms. The van der Waals surface area contributed by atoms with Crippen molar-refractivity contribution in [2.75, 3.05) is 0 Å². The minimum absolute atomic E-state index is 0.0164. The van der Waals surface area contributed by atoms with Gasteiger partial charge in [0.25, 0.3) is 0 Å². The van der Waals surface area contributed by atoms with E-state index < -0.39 is 0 Å². The van der Waals surface area contributed by atoms with Gasteiger partial charge in [0.2, 0.25) is 0 Å². The van der Waals surface area contributed by atoms with Gasteiger partial charge in [-0.3, -0.25) is 4.79 Å². The molecule has 0 fully saturated rings. The topological polar surface area (TPSA) is 40.9 Å². The zero-order valence-corrected chi connectivity index (χ0v) is 8.40. The second-order valence-electron chi connectivity index (χ2n) is 3.75. The lowest BCUT2D eigenvalue weighted by Crippen LogP contribution is -1.94. The lowest BCUT2D eigenvalue weighted by atomic mass is 10.0. The lowest BCUT2D eigenvalue weighted by molar-refractivity contribution is 0.104. The summed E-state index contributed by atoms with van der Waals surface area (Å²) in [6, 6.07) is 14.8. The summed E-state index contributed by atoms with van der Waals surface area (Å²) in [5, 5.41) is 8.81. The quantitative estimate of drug-likeness (QED) is 0.566. The molecule has 0 atom stereocenters. The maximum Gasteiger partial charge on any atom is 0.194 e. The summed E-state index contributed by atoms with van der Waals surface area (Å²) in [7, 11) is 0. The third kappa shape index (κ3) is 1.03. The SMILES string of the molecule is N#Cc1ccc2c(c1)C(=O)c1ccccc1-2. The number of benzene rings is 2. The van der Waals surface area contributed by atoms with Crippen LogP contribution in [-0.4, -0.2) is 5.78 Å². The Morgan fingerprint density at radius 1 is 0.875 bits per heavy atom. The Morgan fingerprint density at radius 3 is 2.31 bits per heavy atom. The molecule has 0 aromatic heterocycles. The molecule has 0 spiro atoms. The van der Waals surface area contributed by atoms with E-state index >= 15 is 0 Å². The highest BCUT2D eigenvalue weighted by atomic mass is 16.1. The predicted octanol–water partition coefficient (Wildman–Crippen LogP) is 2.77. The standard InChI is InChI=1S/C14H7NO/c15-8-9-5-6-11-10-3-1-2-4-12(10)14(16)13(11)7-9/h1-7H. The molecule has 1 aliphatic rings. The minimum atomic E-state index is 0.0164. The third-order valence-corrected chi connectivity index (χ3v) is 2.86. The van der Waals surface area contributed by atoms with E-state index in [1.165, 1.54) is 0 Å². The first-order valence-corrected chi connectivity index (χ1v) is 4.99. The van der Waals surface area contributed by atoms with Gasteiger partial charge in [-0.25, -0.2) is 0 Å². The van der Waals surface area contributed by atoms with E-state index in [1.807, 2.05) is 30.3 Å². The van der Waals surface area contributed by atoms with Gasteiger partial charge in [-0.1, -0.05) is 30.3 Å². The molecule has 74 valence electrons. The van der Waals surface area contributed by atoms with Gasteiger partial charge in [0, 0.05) is 11.1 Å². The van der Waals surface area contributed by atoms with E-state index in [9.17, 15) is 4.79 Å². The summed E-state index contributed by atoms with van der Waals surface area (Å²) in [4.78, 5) is 12.0. The molecule has 0 N–H and O–H groups in total. The van der Waals surface area contributed by atoms with Crippen molar-refractivity contribution in [1.29, 1.82) is 5.26 Å². The zero-order chi connectivity index (χ0) is 11.1. The second-order valence-corrected chi connectivity index (χ2v) is 3.75. The van der Waals surface area contributed by atoms with Gasteiger partial charge < -0.3 is 0 Å². The number of ketones is 1. The van der Waals surface area contributed by atoms with Crippen LogP contribution in [0.4, 0.5) is 0 Å². The number of carbonyl (C=O) groups is 1. The maximum absolute atomic E-state index is 12.0. The van der Waals surface area contributed by atoms with Crippen LogP contribution in [0.5, 0.6) is 0 Å². The van der Waals surface area contributed by atoms with Crippen LogP contribution in [0, 0.1) is 11.3 Å². The van der Waals surface area contributed by atoms with Crippen molar-refractivity contribution < 1.29 is 4.79 Å². The highest BCUT2D eigenvalue weighted by molar-refractivity contribution is 6.21. The van der Waals surface area contributed by atoms with Crippen LogP contribution in [-0.2, 0) is 0 Å². The fraction of sp³-hybridized carbons (Fsp3) is 0. The van der Waals surface area contributed by atoms with Crippen molar-refractivity contribution in [3.05, 3.63) is 59.2 Å². The monoisotopic (exact) mass is 205 g/mol. The molecule has 2 aromatic carbocycles. The van der Waals surface area contributed by atoms with Crippen molar-refractivity contribution in [2.24, 2.45) is 0 Å². The van der Waals surface area contributed by atoms with E-state index in [4.69, 9.17) is 5.26 Å². The molecule has 2 aromatic rings. The van der Waals surface area contributed by atoms with Gasteiger partial charge in [-0.05, 0) is 23.3 Å². The summed E-state index contributed by atoms with van der Waals surface area (Å²) < 4.78 is 0. The Balaban J connectivity index is 2.34.